The van der Waals surface area contributed by atoms with E-state index in [-0.39, 0.29) is 28.7 Å². The van der Waals surface area contributed by atoms with Gasteiger partial charge >= 0.3 is 0 Å². The average Bonchev–Trinajstić information content (AvgIpc) is 2.30. The van der Waals surface area contributed by atoms with Crippen molar-refractivity contribution in [3.05, 3.63) is 18.2 Å². The molecule has 0 radical (unpaired) electrons. The number of sulfonamides is 1. The van der Waals surface area contributed by atoms with Crippen LogP contribution in [0.15, 0.2) is 23.1 Å². The lowest BCUT2D eigenvalue weighted by Crippen LogP contribution is -2.15. The molecule has 6 nitrogen and oxygen atoms in total. The molecule has 0 saturated carbocycles. The summed E-state index contributed by atoms with van der Waals surface area (Å²) in [6.07, 6.45) is 0. The highest BCUT2D eigenvalue weighted by molar-refractivity contribution is 8.13. The SMILES string of the molecule is CCOc1ccc(NS(=O)(=O)CC)cc1S(=O)(=O)Cl. The molecule has 0 unspecified atom stereocenters. The summed E-state index contributed by atoms with van der Waals surface area (Å²) in [6.45, 7) is 3.42. The summed E-state index contributed by atoms with van der Waals surface area (Å²) < 4.78 is 53.1. The van der Waals surface area contributed by atoms with E-state index in [1.165, 1.54) is 19.1 Å². The molecule has 0 spiro atoms. The van der Waals surface area contributed by atoms with E-state index in [1.54, 1.807) is 6.92 Å². The van der Waals surface area contributed by atoms with Crippen LogP contribution < -0.4 is 9.46 Å². The smallest absolute Gasteiger partial charge is 0.265 e. The van der Waals surface area contributed by atoms with Crippen LogP contribution in [0.25, 0.3) is 0 Å². The number of benzene rings is 1. The number of anilines is 1. The third-order valence-electron chi connectivity index (χ3n) is 2.16. The van der Waals surface area contributed by atoms with Gasteiger partial charge in [0, 0.05) is 10.7 Å². The molecule has 1 N–H and O–H groups in total. The second-order valence-corrected chi connectivity index (χ2v) is 8.08. The zero-order chi connectivity index (χ0) is 14.7. The van der Waals surface area contributed by atoms with Crippen molar-refractivity contribution in [1.29, 1.82) is 0 Å². The molecule has 0 bridgehead atoms. The highest BCUT2D eigenvalue weighted by Crippen LogP contribution is 2.30. The van der Waals surface area contributed by atoms with Gasteiger partial charge < -0.3 is 4.74 Å². The van der Waals surface area contributed by atoms with Crippen molar-refractivity contribution in [2.75, 3.05) is 17.1 Å². The van der Waals surface area contributed by atoms with Gasteiger partial charge in [-0.2, -0.15) is 0 Å². The van der Waals surface area contributed by atoms with Gasteiger partial charge in [0.05, 0.1) is 18.0 Å². The zero-order valence-corrected chi connectivity index (χ0v) is 12.8. The molecule has 0 heterocycles. The quantitative estimate of drug-likeness (QED) is 0.804. The number of rotatable bonds is 6. The maximum atomic E-state index is 11.4. The number of halogens is 1. The molecular weight excluding hydrogens is 314 g/mol. The average molecular weight is 328 g/mol. The van der Waals surface area contributed by atoms with Gasteiger partial charge in [0.15, 0.2) is 0 Å². The van der Waals surface area contributed by atoms with E-state index in [0.29, 0.717) is 0 Å². The van der Waals surface area contributed by atoms with Gasteiger partial charge in [-0.25, -0.2) is 16.8 Å². The maximum absolute atomic E-state index is 11.4. The van der Waals surface area contributed by atoms with E-state index in [9.17, 15) is 16.8 Å². The van der Waals surface area contributed by atoms with Crippen LogP contribution in [0.2, 0.25) is 0 Å². The fraction of sp³-hybridized carbons (Fsp3) is 0.400. The van der Waals surface area contributed by atoms with Crippen LogP contribution >= 0.6 is 10.7 Å². The molecule has 0 aliphatic heterocycles. The minimum Gasteiger partial charge on any atom is -0.492 e. The van der Waals surface area contributed by atoms with Crippen LogP contribution in [0.5, 0.6) is 5.75 Å². The van der Waals surface area contributed by atoms with E-state index in [1.807, 2.05) is 0 Å². The molecule has 0 saturated heterocycles. The molecular formula is C10H14ClNO5S2. The second-order valence-electron chi connectivity index (χ2n) is 3.54. The van der Waals surface area contributed by atoms with Crippen LogP contribution in [-0.4, -0.2) is 29.2 Å². The van der Waals surface area contributed by atoms with Gasteiger partial charge in [0.2, 0.25) is 10.0 Å². The van der Waals surface area contributed by atoms with Gasteiger partial charge in [0.25, 0.3) is 9.05 Å². The van der Waals surface area contributed by atoms with Crippen molar-refractivity contribution in [3.63, 3.8) is 0 Å². The van der Waals surface area contributed by atoms with Crippen molar-refractivity contribution in [2.45, 2.75) is 18.7 Å². The van der Waals surface area contributed by atoms with Gasteiger partial charge in [-0.05, 0) is 32.0 Å². The fourth-order valence-electron chi connectivity index (χ4n) is 1.29. The standard InChI is InChI=1S/C10H14ClNO5S2/c1-3-17-9-6-5-8(12-18(13,14)4-2)7-10(9)19(11,15)16/h5-7,12H,3-4H2,1-2H3. The Morgan fingerprint density at radius 3 is 2.32 bits per heavy atom. The van der Waals surface area contributed by atoms with Crippen LogP contribution in [-0.2, 0) is 19.1 Å². The minimum atomic E-state index is -4.03. The van der Waals surface area contributed by atoms with Crippen LogP contribution in [0.3, 0.4) is 0 Å². The Labute approximate surface area is 117 Å². The lowest BCUT2D eigenvalue weighted by molar-refractivity contribution is 0.331. The van der Waals surface area contributed by atoms with Gasteiger partial charge in [-0.1, -0.05) is 0 Å². The van der Waals surface area contributed by atoms with E-state index < -0.39 is 19.1 Å². The summed E-state index contributed by atoms with van der Waals surface area (Å²) in [6, 6.07) is 3.89. The van der Waals surface area contributed by atoms with Crippen molar-refractivity contribution in [2.24, 2.45) is 0 Å². The first kappa shape index (κ1) is 16.1. The van der Waals surface area contributed by atoms with Gasteiger partial charge in [0.1, 0.15) is 10.6 Å². The number of hydrogen-bond donors (Lipinski definition) is 1. The Hall–Kier alpha value is -0.990. The van der Waals surface area contributed by atoms with Crippen molar-refractivity contribution < 1.29 is 21.6 Å². The van der Waals surface area contributed by atoms with Crippen molar-refractivity contribution in [1.82, 2.24) is 0 Å². The highest BCUT2D eigenvalue weighted by Gasteiger charge is 2.19. The summed E-state index contributed by atoms with van der Waals surface area (Å²) in [5.41, 5.74) is 0.115. The Balaban J connectivity index is 3.27. The molecule has 0 amide bonds. The summed E-state index contributed by atoms with van der Waals surface area (Å²) >= 11 is 0. The summed E-state index contributed by atoms with van der Waals surface area (Å²) in [7, 11) is -2.23. The molecule has 0 aliphatic rings. The van der Waals surface area contributed by atoms with Crippen LogP contribution in [0.1, 0.15) is 13.8 Å². The Morgan fingerprint density at radius 2 is 1.84 bits per heavy atom. The molecule has 1 aromatic carbocycles. The Morgan fingerprint density at radius 1 is 1.21 bits per heavy atom. The lowest BCUT2D eigenvalue weighted by Gasteiger charge is -2.11. The zero-order valence-electron chi connectivity index (χ0n) is 10.4. The summed E-state index contributed by atoms with van der Waals surface area (Å²) in [5, 5.41) is 0. The van der Waals surface area contributed by atoms with Gasteiger partial charge in [-0.3, -0.25) is 4.72 Å². The first-order valence-electron chi connectivity index (χ1n) is 5.41. The molecule has 0 fully saturated rings. The first-order chi connectivity index (χ1) is 8.69. The Kier molecular flexibility index (Phi) is 5.05. The summed E-state index contributed by atoms with van der Waals surface area (Å²) in [4.78, 5) is -0.271. The highest BCUT2D eigenvalue weighted by atomic mass is 35.7. The molecule has 1 aromatic rings. The fourth-order valence-corrected chi connectivity index (χ4v) is 2.92. The van der Waals surface area contributed by atoms with E-state index in [2.05, 4.69) is 4.72 Å². The molecule has 9 heteroatoms. The third kappa shape index (κ3) is 4.55. The first-order valence-corrected chi connectivity index (χ1v) is 9.37. The number of ether oxygens (including phenoxy) is 1. The molecule has 0 atom stereocenters. The second kappa shape index (κ2) is 5.98. The predicted molar refractivity (Wildman–Crippen MR) is 73.7 cm³/mol. The molecule has 108 valence electrons. The molecule has 19 heavy (non-hydrogen) atoms. The normalized spacial score (nSPS) is 12.2. The topological polar surface area (TPSA) is 89.5 Å². The molecule has 0 aromatic heterocycles. The summed E-state index contributed by atoms with van der Waals surface area (Å²) in [5.74, 6) is -0.0413. The number of nitrogens with one attached hydrogen (secondary N) is 1. The van der Waals surface area contributed by atoms with E-state index >= 15 is 0 Å². The lowest BCUT2D eigenvalue weighted by atomic mass is 10.3. The third-order valence-corrected chi connectivity index (χ3v) is 4.81. The molecule has 0 aliphatic carbocycles. The van der Waals surface area contributed by atoms with Gasteiger partial charge in [-0.15, -0.1) is 0 Å². The van der Waals surface area contributed by atoms with E-state index in [0.717, 1.165) is 6.07 Å². The monoisotopic (exact) mass is 327 g/mol. The number of hydrogen-bond acceptors (Lipinski definition) is 5. The minimum absolute atomic E-state index is 0.0805. The predicted octanol–water partition coefficient (Wildman–Crippen LogP) is 1.77. The largest absolute Gasteiger partial charge is 0.492 e. The Bertz CT molecular complexity index is 654. The van der Waals surface area contributed by atoms with Crippen molar-refractivity contribution >= 4 is 35.4 Å². The van der Waals surface area contributed by atoms with Crippen LogP contribution in [0.4, 0.5) is 5.69 Å². The van der Waals surface area contributed by atoms with Crippen LogP contribution in [0, 0.1) is 0 Å². The van der Waals surface area contributed by atoms with Crippen molar-refractivity contribution in [3.8, 4) is 5.75 Å². The molecule has 1 rings (SSSR count). The van der Waals surface area contributed by atoms with E-state index in [4.69, 9.17) is 15.4 Å². The maximum Gasteiger partial charge on any atom is 0.265 e.